The van der Waals surface area contributed by atoms with Gasteiger partial charge in [0, 0.05) is 0 Å². The predicted molar refractivity (Wildman–Crippen MR) is 100.0 cm³/mol. The molecule has 8 nitrogen and oxygen atoms in total. The summed E-state index contributed by atoms with van der Waals surface area (Å²) in [5, 5.41) is 6.32. The third-order valence-corrected chi connectivity index (χ3v) is 5.99. The lowest BCUT2D eigenvalue weighted by Gasteiger charge is -2.07. The molecule has 0 aromatic carbocycles. The molecule has 0 saturated carbocycles. The topological polar surface area (TPSA) is 99.5 Å². The fourth-order valence-electron chi connectivity index (χ4n) is 2.38. The molecule has 28 heavy (non-hydrogen) atoms. The van der Waals surface area contributed by atoms with Gasteiger partial charge in [0.05, 0.1) is 29.9 Å². The number of rotatable bonds is 6. The van der Waals surface area contributed by atoms with Gasteiger partial charge in [-0.05, 0) is 35.3 Å². The van der Waals surface area contributed by atoms with E-state index in [0.29, 0.717) is 11.3 Å². The molecule has 1 N–H and O–H groups in total. The van der Waals surface area contributed by atoms with Crippen molar-refractivity contribution >= 4 is 50.1 Å². The van der Waals surface area contributed by atoms with E-state index in [-0.39, 0.29) is 26.5 Å². The number of carbonyl (C=O) groups is 3. The maximum absolute atomic E-state index is 12.9. The van der Waals surface area contributed by atoms with Crippen LogP contribution in [-0.2, 0) is 20.8 Å². The van der Waals surface area contributed by atoms with E-state index >= 15 is 0 Å². The quantitative estimate of drug-likeness (QED) is 0.636. The first-order chi connectivity index (χ1) is 13.1. The van der Waals surface area contributed by atoms with E-state index < -0.39 is 30.0 Å². The van der Waals surface area contributed by atoms with Crippen LogP contribution in [0.2, 0.25) is 0 Å². The number of nitrogens with one attached hydrogen (secondary N) is 1. The van der Waals surface area contributed by atoms with Gasteiger partial charge in [-0.2, -0.15) is 5.10 Å². The Morgan fingerprint density at radius 1 is 1.21 bits per heavy atom. The highest BCUT2D eigenvalue weighted by atomic mass is 79.9. The third kappa shape index (κ3) is 4.22. The Hall–Kier alpha value is -2.34. The summed E-state index contributed by atoms with van der Waals surface area (Å²) in [7, 11) is 2.36. The van der Waals surface area contributed by atoms with Gasteiger partial charge in [-0.25, -0.2) is 18.4 Å². The van der Waals surface area contributed by atoms with Gasteiger partial charge < -0.3 is 14.8 Å². The van der Waals surface area contributed by atoms with Gasteiger partial charge in [-0.3, -0.25) is 9.48 Å². The lowest BCUT2D eigenvalue weighted by molar-refractivity contribution is -0.116. The molecule has 0 aliphatic heterocycles. The lowest BCUT2D eigenvalue weighted by Crippen LogP contribution is -2.21. The maximum Gasteiger partial charge on any atom is 0.348 e. The zero-order chi connectivity index (χ0) is 21.2. The average Bonchev–Trinajstić information content (AvgIpc) is 3.11. The van der Waals surface area contributed by atoms with Crippen LogP contribution in [-0.4, -0.2) is 41.8 Å². The molecule has 2 rings (SSSR count). The Morgan fingerprint density at radius 2 is 1.82 bits per heavy atom. The van der Waals surface area contributed by atoms with Crippen LogP contribution in [0.25, 0.3) is 0 Å². The number of nitrogens with zero attached hydrogens (tertiary/aromatic N) is 2. The summed E-state index contributed by atoms with van der Waals surface area (Å²) in [6.45, 7) is 2.68. The van der Waals surface area contributed by atoms with Crippen LogP contribution in [0, 0.1) is 13.8 Å². The molecule has 0 aliphatic rings. The van der Waals surface area contributed by atoms with Gasteiger partial charge in [0.25, 0.3) is 6.43 Å². The van der Waals surface area contributed by atoms with Crippen LogP contribution in [0.5, 0.6) is 0 Å². The Kier molecular flexibility index (Phi) is 6.88. The highest BCUT2D eigenvalue weighted by molar-refractivity contribution is 9.10. The van der Waals surface area contributed by atoms with E-state index in [1.54, 1.807) is 0 Å². The molecule has 0 bridgehead atoms. The molecule has 1 amide bonds. The zero-order valence-electron chi connectivity index (χ0n) is 15.3. The summed E-state index contributed by atoms with van der Waals surface area (Å²) >= 11 is 3.88. The molecule has 0 saturated heterocycles. The van der Waals surface area contributed by atoms with Crippen LogP contribution in [0.1, 0.15) is 43.4 Å². The number of halogens is 3. The summed E-state index contributed by atoms with van der Waals surface area (Å²) in [5.41, 5.74) is 0.196. The molecule has 152 valence electrons. The Balaban J connectivity index is 2.32. The van der Waals surface area contributed by atoms with Crippen LogP contribution in [0.4, 0.5) is 13.8 Å². The first-order valence-corrected chi connectivity index (χ1v) is 9.34. The predicted octanol–water partition coefficient (Wildman–Crippen LogP) is 3.47. The largest absolute Gasteiger partial charge is 0.465 e. The lowest BCUT2D eigenvalue weighted by atomic mass is 10.1. The van der Waals surface area contributed by atoms with E-state index in [2.05, 4.69) is 31.1 Å². The third-order valence-electron chi connectivity index (χ3n) is 3.82. The molecule has 0 atom stereocenters. The Labute approximate surface area is 170 Å². The van der Waals surface area contributed by atoms with Crippen molar-refractivity contribution in [1.82, 2.24) is 9.78 Å². The molecule has 0 aliphatic carbocycles. The first kappa shape index (κ1) is 22.0. The second-order valence-corrected chi connectivity index (χ2v) is 7.35. The number of ether oxygens (including phenoxy) is 2. The van der Waals surface area contributed by atoms with Crippen molar-refractivity contribution in [1.29, 1.82) is 0 Å². The van der Waals surface area contributed by atoms with Crippen molar-refractivity contribution in [3.8, 4) is 0 Å². The van der Waals surface area contributed by atoms with Gasteiger partial charge in [-0.1, -0.05) is 0 Å². The van der Waals surface area contributed by atoms with E-state index in [4.69, 9.17) is 4.74 Å². The maximum atomic E-state index is 12.9. The van der Waals surface area contributed by atoms with E-state index in [1.165, 1.54) is 28.1 Å². The summed E-state index contributed by atoms with van der Waals surface area (Å²) in [5.74, 6) is -2.03. The fraction of sp³-hybridized carbons (Fsp3) is 0.375. The van der Waals surface area contributed by atoms with Crippen molar-refractivity contribution < 1.29 is 32.6 Å². The Morgan fingerprint density at radius 3 is 2.32 bits per heavy atom. The number of methoxy groups -OCH3 is 2. The van der Waals surface area contributed by atoms with E-state index in [0.717, 1.165) is 16.0 Å². The number of aromatic nitrogens is 2. The van der Waals surface area contributed by atoms with Crippen LogP contribution in [0.3, 0.4) is 0 Å². The van der Waals surface area contributed by atoms with Crippen molar-refractivity contribution in [2.24, 2.45) is 0 Å². The van der Waals surface area contributed by atoms with Crippen molar-refractivity contribution in [2.45, 2.75) is 26.8 Å². The number of amides is 1. The SMILES string of the molecule is COC(=O)c1sc(NC(=O)Cn2nc(C(F)F)c(Br)c2C)c(C(=O)OC)c1C. The number of hydrogen-bond donors (Lipinski definition) is 1. The van der Waals surface area contributed by atoms with Crippen LogP contribution >= 0.6 is 27.3 Å². The van der Waals surface area contributed by atoms with E-state index in [1.807, 2.05) is 0 Å². The molecule has 2 aromatic heterocycles. The molecule has 0 radical (unpaired) electrons. The minimum atomic E-state index is -2.80. The molecular formula is C16H16BrF2N3O5S. The summed E-state index contributed by atoms with van der Waals surface area (Å²) < 4.78 is 36.5. The second kappa shape index (κ2) is 8.78. The van der Waals surface area contributed by atoms with Crippen LogP contribution in [0.15, 0.2) is 4.47 Å². The molecule has 2 heterocycles. The highest BCUT2D eigenvalue weighted by Gasteiger charge is 2.27. The molecule has 0 spiro atoms. The summed E-state index contributed by atoms with van der Waals surface area (Å²) in [6, 6.07) is 0. The molecule has 2 aromatic rings. The van der Waals surface area contributed by atoms with Gasteiger partial charge >= 0.3 is 11.9 Å². The van der Waals surface area contributed by atoms with Crippen molar-refractivity contribution in [3.63, 3.8) is 0 Å². The zero-order valence-corrected chi connectivity index (χ0v) is 17.7. The number of alkyl halides is 2. The van der Waals surface area contributed by atoms with Gasteiger partial charge in [0.15, 0.2) is 0 Å². The average molecular weight is 480 g/mol. The molecular weight excluding hydrogens is 464 g/mol. The smallest absolute Gasteiger partial charge is 0.348 e. The van der Waals surface area contributed by atoms with Crippen LogP contribution < -0.4 is 5.32 Å². The summed E-state index contributed by atoms with van der Waals surface area (Å²) in [4.78, 5) is 36.5. The van der Waals surface area contributed by atoms with Gasteiger partial charge in [0.1, 0.15) is 22.1 Å². The summed E-state index contributed by atoms with van der Waals surface area (Å²) in [6.07, 6.45) is -2.80. The Bertz CT molecular complexity index is 941. The standard InChI is InChI=1S/C16H16BrF2N3O5S/c1-6-9(15(24)26-3)14(28-12(6)16(25)27-4)20-8(23)5-22-7(2)10(17)11(21-22)13(18)19/h13H,5H2,1-4H3,(H,20,23). The fourth-order valence-corrected chi connectivity index (χ4v) is 3.97. The first-order valence-electron chi connectivity index (χ1n) is 7.73. The number of esters is 2. The molecule has 12 heteroatoms. The van der Waals surface area contributed by atoms with E-state index in [9.17, 15) is 23.2 Å². The van der Waals surface area contributed by atoms with Gasteiger partial charge in [-0.15, -0.1) is 11.3 Å². The highest BCUT2D eigenvalue weighted by Crippen LogP contribution is 2.34. The second-order valence-electron chi connectivity index (χ2n) is 5.53. The normalized spacial score (nSPS) is 10.9. The number of thiophene rings is 1. The van der Waals surface area contributed by atoms with Crippen molar-refractivity contribution in [3.05, 3.63) is 31.9 Å². The number of anilines is 1. The molecule has 0 fully saturated rings. The monoisotopic (exact) mass is 479 g/mol. The minimum absolute atomic E-state index is 0.0212. The minimum Gasteiger partial charge on any atom is -0.465 e. The van der Waals surface area contributed by atoms with Crippen molar-refractivity contribution in [2.75, 3.05) is 19.5 Å². The van der Waals surface area contributed by atoms with Gasteiger partial charge in [0.2, 0.25) is 5.91 Å². The molecule has 0 unspecified atom stereocenters. The number of carbonyl (C=O) groups excluding carboxylic acids is 3. The number of hydrogen-bond acceptors (Lipinski definition) is 7.